The second kappa shape index (κ2) is 5.64. The van der Waals surface area contributed by atoms with Gasteiger partial charge in [0, 0.05) is 25.8 Å². The first-order valence-electron chi connectivity index (χ1n) is 5.89. The highest BCUT2D eigenvalue weighted by molar-refractivity contribution is 5.73. The van der Waals surface area contributed by atoms with Crippen LogP contribution in [0.2, 0.25) is 0 Å². The van der Waals surface area contributed by atoms with Crippen LogP contribution in [-0.4, -0.2) is 23.9 Å². The quantitative estimate of drug-likeness (QED) is 0.647. The smallest absolute Gasteiger partial charge is 0.260 e. The molecule has 0 bridgehead atoms. The summed E-state index contributed by atoms with van der Waals surface area (Å²) < 4.78 is 10.2. The molecule has 0 amide bonds. The van der Waals surface area contributed by atoms with E-state index < -0.39 is 0 Å². The lowest BCUT2D eigenvalue weighted by Crippen LogP contribution is -1.95. The van der Waals surface area contributed by atoms with Gasteiger partial charge in [-0.15, -0.1) is 0 Å². The van der Waals surface area contributed by atoms with Gasteiger partial charge in [-0.05, 0) is 25.0 Å². The first kappa shape index (κ1) is 12.6. The minimum Gasteiger partial charge on any atom is -0.398 e. The van der Waals surface area contributed by atoms with Crippen LogP contribution >= 0.6 is 0 Å². The van der Waals surface area contributed by atoms with E-state index in [1.807, 2.05) is 25.1 Å². The van der Waals surface area contributed by atoms with E-state index >= 15 is 0 Å². The number of nitrogen functional groups attached to an aromatic ring is 1. The number of aryl methyl sites for hydroxylation is 2. The third kappa shape index (κ3) is 2.68. The summed E-state index contributed by atoms with van der Waals surface area (Å²) in [5, 5.41) is 3.95. The molecule has 0 atom stereocenters. The molecule has 5 heteroatoms. The third-order valence-corrected chi connectivity index (χ3v) is 2.74. The maximum absolute atomic E-state index is 5.94. The van der Waals surface area contributed by atoms with Crippen LogP contribution < -0.4 is 5.73 Å². The van der Waals surface area contributed by atoms with Crippen LogP contribution in [0.25, 0.3) is 11.5 Å². The molecule has 2 rings (SSSR count). The van der Waals surface area contributed by atoms with Crippen LogP contribution in [0.1, 0.15) is 17.8 Å². The molecule has 0 spiro atoms. The van der Waals surface area contributed by atoms with Gasteiger partial charge in [-0.2, -0.15) is 4.98 Å². The summed E-state index contributed by atoms with van der Waals surface area (Å²) in [4.78, 5) is 4.36. The highest BCUT2D eigenvalue weighted by Gasteiger charge is 2.13. The molecule has 1 aromatic carbocycles. The normalized spacial score (nSPS) is 10.8. The number of aromatic nitrogens is 2. The molecule has 2 aromatic rings. The van der Waals surface area contributed by atoms with Gasteiger partial charge in [-0.3, -0.25) is 0 Å². The molecule has 96 valence electrons. The number of nitrogens with zero attached hydrogens (tertiary/aromatic N) is 2. The van der Waals surface area contributed by atoms with Crippen molar-refractivity contribution >= 4 is 5.69 Å². The van der Waals surface area contributed by atoms with Crippen LogP contribution in [0.3, 0.4) is 0 Å². The van der Waals surface area contributed by atoms with E-state index in [4.69, 9.17) is 15.0 Å². The lowest BCUT2D eigenvalue weighted by Gasteiger charge is -2.03. The second-order valence-electron chi connectivity index (χ2n) is 4.15. The Balaban J connectivity index is 2.19. The molecule has 0 saturated carbocycles. The Morgan fingerprint density at radius 2 is 2.22 bits per heavy atom. The van der Waals surface area contributed by atoms with E-state index in [1.165, 1.54) is 0 Å². The van der Waals surface area contributed by atoms with Gasteiger partial charge in [0.25, 0.3) is 5.89 Å². The molecule has 5 nitrogen and oxygen atoms in total. The molecule has 0 fully saturated rings. The molecule has 0 unspecified atom stereocenters. The van der Waals surface area contributed by atoms with E-state index in [2.05, 4.69) is 10.1 Å². The molecule has 1 heterocycles. The first-order chi connectivity index (χ1) is 8.72. The summed E-state index contributed by atoms with van der Waals surface area (Å²) >= 11 is 0. The Morgan fingerprint density at radius 3 is 2.94 bits per heavy atom. The van der Waals surface area contributed by atoms with Gasteiger partial charge >= 0.3 is 0 Å². The molecular weight excluding hydrogens is 230 g/mol. The molecule has 0 aliphatic carbocycles. The molecular formula is C13H17N3O2. The molecule has 0 aliphatic rings. The predicted molar refractivity (Wildman–Crippen MR) is 69.1 cm³/mol. The Bertz CT molecular complexity index is 502. The molecule has 18 heavy (non-hydrogen) atoms. The Kier molecular flexibility index (Phi) is 3.94. The van der Waals surface area contributed by atoms with Gasteiger partial charge in [-0.25, -0.2) is 0 Å². The molecule has 0 aliphatic heterocycles. The summed E-state index contributed by atoms with van der Waals surface area (Å²) in [5.41, 5.74) is 8.44. The lowest BCUT2D eigenvalue weighted by atomic mass is 10.1. The zero-order chi connectivity index (χ0) is 13.0. The van der Waals surface area contributed by atoms with Crippen molar-refractivity contribution < 1.29 is 9.26 Å². The fourth-order valence-electron chi connectivity index (χ4n) is 1.81. The zero-order valence-electron chi connectivity index (χ0n) is 10.6. The van der Waals surface area contributed by atoms with Gasteiger partial charge in [0.2, 0.25) is 0 Å². The number of benzene rings is 1. The third-order valence-electron chi connectivity index (χ3n) is 2.74. The Hall–Kier alpha value is -1.88. The number of ether oxygens (including phenoxy) is 1. The Labute approximate surface area is 106 Å². The van der Waals surface area contributed by atoms with Crippen molar-refractivity contribution in [1.29, 1.82) is 0 Å². The van der Waals surface area contributed by atoms with Crippen LogP contribution in [0.15, 0.2) is 22.7 Å². The fraction of sp³-hybridized carbons (Fsp3) is 0.385. The van der Waals surface area contributed by atoms with E-state index in [0.29, 0.717) is 24.0 Å². The van der Waals surface area contributed by atoms with E-state index in [1.54, 1.807) is 7.11 Å². The monoisotopic (exact) mass is 247 g/mol. The standard InChI is InChI=1S/C13H17N3O2/c1-9-5-3-6-10(14)12(9)13-15-11(16-18-13)7-4-8-17-2/h3,5-6H,4,7-8,14H2,1-2H3. The van der Waals surface area contributed by atoms with Crippen molar-refractivity contribution in [3.05, 3.63) is 29.6 Å². The van der Waals surface area contributed by atoms with Crippen molar-refractivity contribution in [2.45, 2.75) is 19.8 Å². The summed E-state index contributed by atoms with van der Waals surface area (Å²) in [6.45, 7) is 2.66. The average molecular weight is 247 g/mol. The molecule has 1 aromatic heterocycles. The predicted octanol–water partition coefficient (Wildman–Crippen LogP) is 2.21. The number of anilines is 1. The van der Waals surface area contributed by atoms with Gasteiger partial charge in [0.15, 0.2) is 5.82 Å². The second-order valence-corrected chi connectivity index (χ2v) is 4.15. The lowest BCUT2D eigenvalue weighted by molar-refractivity contribution is 0.194. The van der Waals surface area contributed by atoms with Crippen LogP contribution in [-0.2, 0) is 11.2 Å². The minimum absolute atomic E-state index is 0.484. The van der Waals surface area contributed by atoms with Gasteiger partial charge in [-0.1, -0.05) is 17.3 Å². The fourth-order valence-corrected chi connectivity index (χ4v) is 1.81. The van der Waals surface area contributed by atoms with Crippen LogP contribution in [0.5, 0.6) is 0 Å². The maximum atomic E-state index is 5.94. The number of methoxy groups -OCH3 is 1. The van der Waals surface area contributed by atoms with E-state index in [0.717, 1.165) is 24.0 Å². The van der Waals surface area contributed by atoms with Crippen molar-refractivity contribution in [1.82, 2.24) is 10.1 Å². The van der Waals surface area contributed by atoms with Crippen LogP contribution in [0, 0.1) is 6.92 Å². The number of nitrogens with two attached hydrogens (primary N) is 1. The Morgan fingerprint density at radius 1 is 1.39 bits per heavy atom. The SMILES string of the molecule is COCCCc1noc(-c2c(C)cccc2N)n1. The number of hydrogen-bond acceptors (Lipinski definition) is 5. The highest BCUT2D eigenvalue weighted by atomic mass is 16.5. The van der Waals surface area contributed by atoms with Gasteiger partial charge < -0.3 is 15.0 Å². The van der Waals surface area contributed by atoms with Crippen LogP contribution in [0.4, 0.5) is 5.69 Å². The largest absolute Gasteiger partial charge is 0.398 e. The topological polar surface area (TPSA) is 74.2 Å². The highest BCUT2D eigenvalue weighted by Crippen LogP contribution is 2.27. The summed E-state index contributed by atoms with van der Waals surface area (Å²) in [7, 11) is 1.68. The van der Waals surface area contributed by atoms with Crippen molar-refractivity contribution in [2.24, 2.45) is 0 Å². The minimum atomic E-state index is 0.484. The van der Waals surface area contributed by atoms with Crippen molar-refractivity contribution in [3.8, 4) is 11.5 Å². The number of hydrogen-bond donors (Lipinski definition) is 1. The van der Waals surface area contributed by atoms with Crippen molar-refractivity contribution in [3.63, 3.8) is 0 Å². The molecule has 2 N–H and O–H groups in total. The summed E-state index contributed by atoms with van der Waals surface area (Å²) in [6.07, 6.45) is 1.61. The molecule has 0 radical (unpaired) electrons. The summed E-state index contributed by atoms with van der Waals surface area (Å²) in [6, 6.07) is 5.71. The zero-order valence-corrected chi connectivity index (χ0v) is 10.6. The van der Waals surface area contributed by atoms with Gasteiger partial charge in [0.05, 0.1) is 5.56 Å². The van der Waals surface area contributed by atoms with Crippen molar-refractivity contribution in [2.75, 3.05) is 19.5 Å². The molecule has 0 saturated heterocycles. The first-order valence-corrected chi connectivity index (χ1v) is 5.89. The number of rotatable bonds is 5. The maximum Gasteiger partial charge on any atom is 0.260 e. The summed E-state index contributed by atoms with van der Waals surface area (Å²) in [5.74, 6) is 1.17. The van der Waals surface area contributed by atoms with E-state index in [-0.39, 0.29) is 0 Å². The average Bonchev–Trinajstić information content (AvgIpc) is 2.78. The van der Waals surface area contributed by atoms with Gasteiger partial charge in [0.1, 0.15) is 0 Å². The van der Waals surface area contributed by atoms with E-state index in [9.17, 15) is 0 Å².